The third kappa shape index (κ3) is 6.21. The molecule has 10 heteroatoms. The molecule has 0 aromatic heterocycles. The summed E-state index contributed by atoms with van der Waals surface area (Å²) >= 11 is 0. The van der Waals surface area contributed by atoms with Crippen LogP contribution in [0, 0.1) is 11.6 Å². The van der Waals surface area contributed by atoms with Gasteiger partial charge in [-0.05, 0) is 36.2 Å². The zero-order chi connectivity index (χ0) is 22.4. The summed E-state index contributed by atoms with van der Waals surface area (Å²) in [4.78, 5) is 18.1. The largest absolute Gasteiger partial charge is 0.496 e. The summed E-state index contributed by atoms with van der Waals surface area (Å²) in [6.45, 7) is 1.65. The number of esters is 1. The molecule has 0 radical (unpaired) electrons. The Kier molecular flexibility index (Phi) is 9.48. The van der Waals surface area contributed by atoms with E-state index < -0.39 is 17.6 Å². The molecular formula is C22H27F2IN4O3. The molecule has 7 nitrogen and oxygen atoms in total. The van der Waals surface area contributed by atoms with Crippen LogP contribution in [0.4, 0.5) is 14.5 Å². The molecule has 1 unspecified atom stereocenters. The van der Waals surface area contributed by atoms with Gasteiger partial charge >= 0.3 is 5.97 Å². The smallest absolute Gasteiger partial charge is 0.341 e. The Hall–Kier alpha value is -2.63. The molecule has 1 aliphatic heterocycles. The number of nitrogens with one attached hydrogen (secondary N) is 2. The first kappa shape index (κ1) is 25.6. The fourth-order valence-electron chi connectivity index (χ4n) is 3.54. The van der Waals surface area contributed by atoms with E-state index in [-0.39, 0.29) is 30.0 Å². The number of anilines is 1. The Bertz CT molecular complexity index is 974. The van der Waals surface area contributed by atoms with E-state index in [2.05, 4.69) is 15.6 Å². The molecule has 174 valence electrons. The van der Waals surface area contributed by atoms with Crippen molar-refractivity contribution < 1.29 is 23.0 Å². The van der Waals surface area contributed by atoms with Crippen molar-refractivity contribution in [2.75, 3.05) is 39.3 Å². The van der Waals surface area contributed by atoms with Gasteiger partial charge in [-0.1, -0.05) is 6.07 Å². The second kappa shape index (κ2) is 11.8. The molecule has 1 aliphatic rings. The van der Waals surface area contributed by atoms with Gasteiger partial charge in [-0.2, -0.15) is 0 Å². The van der Waals surface area contributed by atoms with E-state index in [0.29, 0.717) is 42.6 Å². The molecule has 0 aliphatic carbocycles. The van der Waals surface area contributed by atoms with E-state index in [0.717, 1.165) is 18.1 Å². The molecule has 1 atom stereocenters. The number of hydrogen-bond donors (Lipinski definition) is 2. The van der Waals surface area contributed by atoms with Gasteiger partial charge in [-0.25, -0.2) is 13.6 Å². The van der Waals surface area contributed by atoms with Crippen LogP contribution in [0.15, 0.2) is 41.4 Å². The van der Waals surface area contributed by atoms with Crippen LogP contribution in [0.25, 0.3) is 0 Å². The average Bonchev–Trinajstić information content (AvgIpc) is 3.23. The maximum atomic E-state index is 14.1. The number of carbonyl (C=O) groups excluding carboxylic acids is 1. The lowest BCUT2D eigenvalue weighted by Gasteiger charge is -2.21. The molecule has 1 saturated heterocycles. The van der Waals surface area contributed by atoms with Crippen LogP contribution in [0.3, 0.4) is 0 Å². The highest BCUT2D eigenvalue weighted by Crippen LogP contribution is 2.24. The number of methoxy groups -OCH3 is 2. The maximum absolute atomic E-state index is 14.1. The van der Waals surface area contributed by atoms with Gasteiger partial charge in [-0.3, -0.25) is 4.99 Å². The standard InChI is InChI=1S/C22H26F2N4O3.HI/c1-25-22(26-12-14-4-7-20(30-2)17(10-14)21(29)31-3)27-16-8-9-28(13-16)19-6-5-15(23)11-18(19)24;/h4-7,10-11,16H,8-9,12-13H2,1-3H3,(H2,25,26,27);1H. The minimum absolute atomic E-state index is 0. The van der Waals surface area contributed by atoms with Crippen LogP contribution in [0.1, 0.15) is 22.3 Å². The quantitative estimate of drug-likeness (QED) is 0.245. The Morgan fingerprint density at radius 1 is 1.22 bits per heavy atom. The van der Waals surface area contributed by atoms with Crippen molar-refractivity contribution in [1.29, 1.82) is 0 Å². The number of aliphatic imine (C=N–C) groups is 1. The van der Waals surface area contributed by atoms with E-state index >= 15 is 0 Å². The van der Waals surface area contributed by atoms with E-state index in [1.165, 1.54) is 26.4 Å². The highest BCUT2D eigenvalue weighted by molar-refractivity contribution is 14.0. The molecule has 0 amide bonds. The Balaban J connectivity index is 0.00000363. The number of hydrogen-bond acceptors (Lipinski definition) is 5. The van der Waals surface area contributed by atoms with Gasteiger partial charge in [0.2, 0.25) is 0 Å². The number of halogens is 3. The first-order chi connectivity index (χ1) is 14.9. The molecule has 0 saturated carbocycles. The number of ether oxygens (including phenoxy) is 2. The van der Waals surface area contributed by atoms with Gasteiger partial charge in [0.25, 0.3) is 0 Å². The molecular weight excluding hydrogens is 533 g/mol. The Morgan fingerprint density at radius 2 is 2.00 bits per heavy atom. The Labute approximate surface area is 203 Å². The second-order valence-corrected chi connectivity index (χ2v) is 7.12. The van der Waals surface area contributed by atoms with Crippen molar-refractivity contribution in [1.82, 2.24) is 10.6 Å². The highest BCUT2D eigenvalue weighted by atomic mass is 127. The molecule has 0 spiro atoms. The second-order valence-electron chi connectivity index (χ2n) is 7.12. The van der Waals surface area contributed by atoms with Crippen LogP contribution in [-0.2, 0) is 11.3 Å². The summed E-state index contributed by atoms with van der Waals surface area (Å²) in [5, 5.41) is 6.53. The lowest BCUT2D eigenvalue weighted by atomic mass is 10.1. The molecule has 2 aromatic rings. The number of benzene rings is 2. The van der Waals surface area contributed by atoms with E-state index in [9.17, 15) is 13.6 Å². The zero-order valence-corrected chi connectivity index (χ0v) is 20.5. The SMILES string of the molecule is CN=C(NCc1ccc(OC)c(C(=O)OC)c1)NC1CCN(c2ccc(F)cc2F)C1.I. The number of carbonyl (C=O) groups is 1. The fraction of sp³-hybridized carbons (Fsp3) is 0.364. The third-order valence-corrected chi connectivity index (χ3v) is 5.13. The maximum Gasteiger partial charge on any atom is 0.341 e. The molecule has 1 heterocycles. The van der Waals surface area contributed by atoms with Crippen LogP contribution in [0.2, 0.25) is 0 Å². The van der Waals surface area contributed by atoms with Gasteiger partial charge in [-0.15, -0.1) is 24.0 Å². The van der Waals surface area contributed by atoms with E-state index in [1.54, 1.807) is 19.2 Å². The summed E-state index contributed by atoms with van der Waals surface area (Å²) in [6.07, 6.45) is 0.784. The van der Waals surface area contributed by atoms with Crippen molar-refractivity contribution in [3.8, 4) is 5.75 Å². The number of nitrogens with zero attached hydrogens (tertiary/aromatic N) is 2. The van der Waals surface area contributed by atoms with Gasteiger partial charge in [0.05, 0.1) is 19.9 Å². The lowest BCUT2D eigenvalue weighted by Crippen LogP contribution is -2.44. The van der Waals surface area contributed by atoms with E-state index in [1.807, 2.05) is 11.0 Å². The fourth-order valence-corrected chi connectivity index (χ4v) is 3.54. The predicted molar refractivity (Wildman–Crippen MR) is 130 cm³/mol. The van der Waals surface area contributed by atoms with Crippen molar-refractivity contribution >= 4 is 41.6 Å². The topological polar surface area (TPSA) is 75.2 Å². The molecule has 2 aromatic carbocycles. The molecule has 0 bridgehead atoms. The van der Waals surface area contributed by atoms with Crippen molar-refractivity contribution in [3.63, 3.8) is 0 Å². The van der Waals surface area contributed by atoms with Crippen molar-refractivity contribution in [3.05, 3.63) is 59.2 Å². The van der Waals surface area contributed by atoms with Gasteiger partial charge in [0.1, 0.15) is 22.9 Å². The van der Waals surface area contributed by atoms with Crippen LogP contribution >= 0.6 is 24.0 Å². The minimum atomic E-state index is -0.589. The predicted octanol–water partition coefficient (Wildman–Crippen LogP) is 3.32. The summed E-state index contributed by atoms with van der Waals surface area (Å²) in [5.74, 6) is -0.600. The lowest BCUT2D eigenvalue weighted by molar-refractivity contribution is 0.0597. The number of rotatable bonds is 6. The summed E-state index contributed by atoms with van der Waals surface area (Å²) in [7, 11) is 4.48. The zero-order valence-electron chi connectivity index (χ0n) is 18.2. The summed E-state index contributed by atoms with van der Waals surface area (Å²) < 4.78 is 37.2. The third-order valence-electron chi connectivity index (χ3n) is 5.13. The molecule has 2 N–H and O–H groups in total. The first-order valence-electron chi connectivity index (χ1n) is 9.87. The highest BCUT2D eigenvalue weighted by Gasteiger charge is 2.25. The monoisotopic (exact) mass is 560 g/mol. The van der Waals surface area contributed by atoms with Crippen molar-refractivity contribution in [2.45, 2.75) is 19.0 Å². The molecule has 32 heavy (non-hydrogen) atoms. The molecule has 1 fully saturated rings. The number of guanidine groups is 1. The van der Waals surface area contributed by atoms with Crippen LogP contribution < -0.4 is 20.3 Å². The van der Waals surface area contributed by atoms with E-state index in [4.69, 9.17) is 9.47 Å². The normalized spacial score (nSPS) is 15.7. The van der Waals surface area contributed by atoms with Gasteiger partial charge in [0.15, 0.2) is 5.96 Å². The van der Waals surface area contributed by atoms with Gasteiger partial charge in [0, 0.05) is 38.8 Å². The van der Waals surface area contributed by atoms with Crippen LogP contribution in [0.5, 0.6) is 5.75 Å². The summed E-state index contributed by atoms with van der Waals surface area (Å²) in [5.41, 5.74) is 1.59. The molecule has 3 rings (SSSR count). The Morgan fingerprint density at radius 3 is 2.66 bits per heavy atom. The average molecular weight is 560 g/mol. The minimum Gasteiger partial charge on any atom is -0.496 e. The van der Waals surface area contributed by atoms with Gasteiger partial charge < -0.3 is 25.0 Å². The summed E-state index contributed by atoms with van der Waals surface area (Å²) in [6, 6.07) is 8.94. The van der Waals surface area contributed by atoms with Crippen LogP contribution in [-0.4, -0.2) is 52.3 Å². The first-order valence-corrected chi connectivity index (χ1v) is 9.87. The van der Waals surface area contributed by atoms with Crippen molar-refractivity contribution in [2.24, 2.45) is 4.99 Å².